The molecule has 0 fully saturated rings. The van der Waals surface area contributed by atoms with Gasteiger partial charge in [0.25, 0.3) is 0 Å². The van der Waals surface area contributed by atoms with Crippen molar-refractivity contribution in [2.45, 2.75) is 354 Å². The molecule has 0 saturated heterocycles. The van der Waals surface area contributed by atoms with Crippen molar-refractivity contribution in [3.05, 3.63) is 72.9 Å². The van der Waals surface area contributed by atoms with E-state index in [0.717, 1.165) is 109 Å². The average Bonchev–Trinajstić information content (AvgIpc) is 3.44. The number of allylic oxidation sites excluding steroid dienone is 12. The van der Waals surface area contributed by atoms with Gasteiger partial charge in [-0.2, -0.15) is 0 Å². The van der Waals surface area contributed by atoms with E-state index in [-0.39, 0.29) is 31.1 Å². The molecule has 452 valence electrons. The monoisotopic (exact) mass is 1090 g/mol. The van der Waals surface area contributed by atoms with Crippen molar-refractivity contribution in [3.8, 4) is 0 Å². The van der Waals surface area contributed by atoms with Gasteiger partial charge in [0.1, 0.15) is 13.2 Å². The summed E-state index contributed by atoms with van der Waals surface area (Å²) in [5, 5.41) is 0. The Balaban J connectivity index is 4.26. The predicted molar refractivity (Wildman–Crippen MR) is 339 cm³/mol. The van der Waals surface area contributed by atoms with Crippen LogP contribution in [0.5, 0.6) is 0 Å². The van der Waals surface area contributed by atoms with Crippen molar-refractivity contribution in [3.63, 3.8) is 0 Å². The Morgan fingerprint density at radius 1 is 0.269 bits per heavy atom. The summed E-state index contributed by atoms with van der Waals surface area (Å²) >= 11 is 0. The Bertz CT molecular complexity index is 1440. The Morgan fingerprint density at radius 2 is 0.500 bits per heavy atom. The molecule has 0 aromatic carbocycles. The number of ether oxygens (including phenoxy) is 3. The summed E-state index contributed by atoms with van der Waals surface area (Å²) in [5.41, 5.74) is 0. The fourth-order valence-electron chi connectivity index (χ4n) is 9.88. The van der Waals surface area contributed by atoms with E-state index in [9.17, 15) is 14.4 Å². The first-order chi connectivity index (χ1) is 38.5. The second-order valence-electron chi connectivity index (χ2n) is 22.7. The molecule has 0 amide bonds. The molecule has 0 aromatic heterocycles. The highest BCUT2D eigenvalue weighted by Crippen LogP contribution is 2.17. The van der Waals surface area contributed by atoms with Crippen molar-refractivity contribution in [1.29, 1.82) is 0 Å². The quantitative estimate of drug-likeness (QED) is 0.0261. The minimum absolute atomic E-state index is 0.0797. The second kappa shape index (κ2) is 66.4. The van der Waals surface area contributed by atoms with E-state index in [1.807, 2.05) is 0 Å². The lowest BCUT2D eigenvalue weighted by Gasteiger charge is -2.18. The van der Waals surface area contributed by atoms with E-state index < -0.39 is 6.10 Å². The van der Waals surface area contributed by atoms with Crippen LogP contribution in [0.25, 0.3) is 0 Å². The van der Waals surface area contributed by atoms with E-state index in [2.05, 4.69) is 93.7 Å². The largest absolute Gasteiger partial charge is 0.462 e. The van der Waals surface area contributed by atoms with Gasteiger partial charge in [-0.25, -0.2) is 0 Å². The topological polar surface area (TPSA) is 78.9 Å². The van der Waals surface area contributed by atoms with Gasteiger partial charge >= 0.3 is 17.9 Å². The number of rotatable bonds is 62. The van der Waals surface area contributed by atoms with Gasteiger partial charge in [0.2, 0.25) is 0 Å². The third-order valence-electron chi connectivity index (χ3n) is 14.9. The van der Waals surface area contributed by atoms with E-state index in [1.165, 1.54) is 199 Å². The molecule has 0 saturated carbocycles. The highest BCUT2D eigenvalue weighted by molar-refractivity contribution is 5.71. The highest BCUT2D eigenvalue weighted by Gasteiger charge is 2.19. The van der Waals surface area contributed by atoms with Crippen LogP contribution >= 0.6 is 0 Å². The van der Waals surface area contributed by atoms with Crippen LogP contribution in [0.1, 0.15) is 348 Å². The molecule has 0 N–H and O–H groups in total. The number of unbranched alkanes of at least 4 members (excludes halogenated alkanes) is 39. The zero-order valence-corrected chi connectivity index (χ0v) is 51.9. The molecule has 0 radical (unpaired) electrons. The maximum absolute atomic E-state index is 12.9. The van der Waals surface area contributed by atoms with Gasteiger partial charge in [-0.1, -0.05) is 312 Å². The third kappa shape index (κ3) is 63.7. The van der Waals surface area contributed by atoms with Crippen LogP contribution in [0.4, 0.5) is 0 Å². The van der Waals surface area contributed by atoms with Crippen LogP contribution in [0.15, 0.2) is 72.9 Å². The zero-order chi connectivity index (χ0) is 56.4. The van der Waals surface area contributed by atoms with Gasteiger partial charge in [-0.15, -0.1) is 0 Å². The molecule has 0 bridgehead atoms. The normalized spacial score (nSPS) is 12.5. The molecule has 6 nitrogen and oxygen atoms in total. The van der Waals surface area contributed by atoms with Gasteiger partial charge in [0.15, 0.2) is 6.10 Å². The maximum atomic E-state index is 12.9. The molecule has 0 aliphatic carbocycles. The smallest absolute Gasteiger partial charge is 0.306 e. The first-order valence-corrected chi connectivity index (χ1v) is 33.9. The molecule has 1 atom stereocenters. The van der Waals surface area contributed by atoms with Crippen molar-refractivity contribution in [2.24, 2.45) is 0 Å². The minimum Gasteiger partial charge on any atom is -0.462 e. The first kappa shape index (κ1) is 74.8. The number of carbonyl (C=O) groups is 3. The van der Waals surface area contributed by atoms with Gasteiger partial charge in [0, 0.05) is 19.3 Å². The maximum Gasteiger partial charge on any atom is 0.306 e. The number of hydrogen-bond acceptors (Lipinski definition) is 6. The molecular formula is C72H128O6. The second-order valence-corrected chi connectivity index (χ2v) is 22.7. The lowest BCUT2D eigenvalue weighted by molar-refractivity contribution is -0.167. The van der Waals surface area contributed by atoms with Crippen molar-refractivity contribution < 1.29 is 28.6 Å². The summed E-state index contributed by atoms with van der Waals surface area (Å²) in [6, 6.07) is 0. The van der Waals surface area contributed by atoms with Crippen molar-refractivity contribution in [1.82, 2.24) is 0 Å². The summed E-state index contributed by atoms with van der Waals surface area (Å²) in [6.07, 6.45) is 86.4. The summed E-state index contributed by atoms with van der Waals surface area (Å²) in [4.78, 5) is 38.3. The summed E-state index contributed by atoms with van der Waals surface area (Å²) < 4.78 is 16.9. The molecule has 0 aliphatic rings. The van der Waals surface area contributed by atoms with Gasteiger partial charge in [0.05, 0.1) is 0 Å². The fraction of sp³-hybridized carbons (Fsp3) is 0.792. The first-order valence-electron chi connectivity index (χ1n) is 33.9. The molecule has 6 heteroatoms. The van der Waals surface area contributed by atoms with Crippen LogP contribution in [0, 0.1) is 0 Å². The van der Waals surface area contributed by atoms with Gasteiger partial charge < -0.3 is 14.2 Å². The predicted octanol–water partition coefficient (Wildman–Crippen LogP) is 23.3. The number of esters is 3. The van der Waals surface area contributed by atoms with Crippen LogP contribution in [0.3, 0.4) is 0 Å². The zero-order valence-electron chi connectivity index (χ0n) is 51.9. The van der Waals surface area contributed by atoms with Crippen LogP contribution in [0.2, 0.25) is 0 Å². The molecule has 78 heavy (non-hydrogen) atoms. The van der Waals surface area contributed by atoms with Gasteiger partial charge in [-0.3, -0.25) is 14.4 Å². The van der Waals surface area contributed by atoms with Crippen LogP contribution in [-0.2, 0) is 28.6 Å². The van der Waals surface area contributed by atoms with Gasteiger partial charge in [-0.05, 0) is 89.9 Å². The fourth-order valence-corrected chi connectivity index (χ4v) is 9.88. The Morgan fingerprint density at radius 3 is 0.795 bits per heavy atom. The molecule has 0 heterocycles. The summed E-state index contributed by atoms with van der Waals surface area (Å²) in [7, 11) is 0. The van der Waals surface area contributed by atoms with Crippen LogP contribution < -0.4 is 0 Å². The molecule has 0 rings (SSSR count). The van der Waals surface area contributed by atoms with E-state index >= 15 is 0 Å². The number of carbonyl (C=O) groups excluding carboxylic acids is 3. The van der Waals surface area contributed by atoms with Crippen molar-refractivity contribution >= 4 is 17.9 Å². The Kier molecular flexibility index (Phi) is 63.7. The molecule has 0 aromatic rings. The van der Waals surface area contributed by atoms with E-state index in [4.69, 9.17) is 14.2 Å². The summed E-state index contributed by atoms with van der Waals surface area (Å²) in [5.74, 6) is -0.881. The third-order valence-corrected chi connectivity index (χ3v) is 14.9. The Labute approximate surface area is 484 Å². The lowest BCUT2D eigenvalue weighted by Crippen LogP contribution is -2.30. The highest BCUT2D eigenvalue weighted by atomic mass is 16.6. The van der Waals surface area contributed by atoms with Crippen LogP contribution in [-0.4, -0.2) is 37.2 Å². The lowest BCUT2D eigenvalue weighted by atomic mass is 10.0. The minimum atomic E-state index is -0.785. The summed E-state index contributed by atoms with van der Waals surface area (Å²) in [6.45, 7) is 6.55. The number of hydrogen-bond donors (Lipinski definition) is 0. The average molecular weight is 1090 g/mol. The molecular weight excluding hydrogens is 961 g/mol. The van der Waals surface area contributed by atoms with E-state index in [0.29, 0.717) is 19.3 Å². The van der Waals surface area contributed by atoms with Crippen molar-refractivity contribution in [2.75, 3.05) is 13.2 Å². The standard InChI is InChI=1S/C72H128O6/c1-4-7-10-13-16-19-22-25-27-29-31-33-34-35-36-37-38-40-41-43-45-47-50-53-56-59-62-65-71(74)77-68-69(67-76-70(73)64-61-58-55-52-49-24-21-18-15-12-9-6-3)78-72(75)66-63-60-57-54-51-48-46-44-42-39-32-30-28-26-23-20-17-14-11-8-5-2/h8,11,17,20,26,28-29,31-32,39,44,46,69H,4-7,9-10,12-16,18-19,21-25,27,30,33-38,40-43,45,47-68H2,1-3H3/b11-8-,20-17-,28-26-,31-29-,39-32-,46-44-. The molecule has 0 spiro atoms. The SMILES string of the molecule is CC/C=C\C/C=C\C/C=C\C/C=C\C/C=C\CCCCCCCC(=O)OC(COC(=O)CCCCCCCCCCCCCC)COC(=O)CCCCCCCCCCCCCCCCC/C=C\CCCCCCCCCC. The van der Waals surface area contributed by atoms with E-state index in [1.54, 1.807) is 0 Å². The molecule has 1 unspecified atom stereocenters. The molecule has 0 aliphatic heterocycles. The Hall–Kier alpha value is -3.15.